The van der Waals surface area contributed by atoms with Crippen molar-refractivity contribution >= 4 is 0 Å². The van der Waals surface area contributed by atoms with E-state index in [-0.39, 0.29) is 0 Å². The van der Waals surface area contributed by atoms with Crippen molar-refractivity contribution in [1.82, 2.24) is 5.32 Å². The van der Waals surface area contributed by atoms with Crippen LogP contribution in [0.15, 0.2) is 0 Å². The molecule has 0 spiro atoms. The fraction of sp³-hybridized carbons (Fsp3) is 1.00. The van der Waals surface area contributed by atoms with Gasteiger partial charge in [0.25, 0.3) is 0 Å². The zero-order valence-electron chi connectivity index (χ0n) is 12.1. The van der Waals surface area contributed by atoms with E-state index in [4.69, 9.17) is 4.74 Å². The van der Waals surface area contributed by atoms with Crippen LogP contribution in [-0.2, 0) is 4.74 Å². The highest BCUT2D eigenvalue weighted by atomic mass is 16.5. The van der Waals surface area contributed by atoms with Crippen molar-refractivity contribution in [2.75, 3.05) is 13.2 Å². The topological polar surface area (TPSA) is 21.3 Å². The molecule has 2 rings (SSSR count). The Labute approximate surface area is 113 Å². The summed E-state index contributed by atoms with van der Waals surface area (Å²) in [6.45, 7) is 4.45. The van der Waals surface area contributed by atoms with E-state index in [1.54, 1.807) is 0 Å². The summed E-state index contributed by atoms with van der Waals surface area (Å²) in [7, 11) is 0. The first-order chi connectivity index (χ1) is 8.88. The van der Waals surface area contributed by atoms with Crippen LogP contribution in [0.25, 0.3) is 0 Å². The molecule has 2 unspecified atom stereocenters. The second-order valence-corrected chi connectivity index (χ2v) is 6.25. The Balaban J connectivity index is 1.57. The second kappa shape index (κ2) is 8.16. The van der Waals surface area contributed by atoms with Gasteiger partial charge >= 0.3 is 0 Å². The molecule has 1 aliphatic heterocycles. The molecule has 1 saturated heterocycles. The van der Waals surface area contributed by atoms with Crippen LogP contribution in [0.3, 0.4) is 0 Å². The maximum Gasteiger partial charge on any atom is 0.0589 e. The molecule has 1 N–H and O–H groups in total. The Bertz CT molecular complexity index is 211. The summed E-state index contributed by atoms with van der Waals surface area (Å²) in [5, 5.41) is 3.78. The first kappa shape index (κ1) is 14.3. The van der Waals surface area contributed by atoms with E-state index >= 15 is 0 Å². The highest BCUT2D eigenvalue weighted by Crippen LogP contribution is 2.26. The average molecular weight is 253 g/mol. The molecule has 2 heteroatoms. The van der Waals surface area contributed by atoms with E-state index in [0.29, 0.717) is 6.10 Å². The van der Waals surface area contributed by atoms with Gasteiger partial charge in [0.2, 0.25) is 0 Å². The lowest BCUT2D eigenvalue weighted by atomic mass is 9.87. The van der Waals surface area contributed by atoms with Crippen molar-refractivity contribution in [3.8, 4) is 0 Å². The van der Waals surface area contributed by atoms with E-state index < -0.39 is 0 Å². The van der Waals surface area contributed by atoms with Crippen molar-refractivity contribution in [3.05, 3.63) is 0 Å². The van der Waals surface area contributed by atoms with Crippen LogP contribution in [0, 0.1) is 5.92 Å². The third-order valence-corrected chi connectivity index (χ3v) is 4.69. The summed E-state index contributed by atoms with van der Waals surface area (Å²) in [4.78, 5) is 0. The van der Waals surface area contributed by atoms with Gasteiger partial charge in [-0.25, -0.2) is 0 Å². The quantitative estimate of drug-likeness (QED) is 0.775. The number of hydrogen-bond acceptors (Lipinski definition) is 2. The van der Waals surface area contributed by atoms with Crippen LogP contribution >= 0.6 is 0 Å². The third-order valence-electron chi connectivity index (χ3n) is 4.69. The molecule has 0 bridgehead atoms. The molecule has 106 valence electrons. The molecular weight excluding hydrogens is 222 g/mol. The minimum atomic E-state index is 0.524. The molecule has 1 saturated carbocycles. The third kappa shape index (κ3) is 4.89. The van der Waals surface area contributed by atoms with Crippen molar-refractivity contribution in [2.45, 2.75) is 83.3 Å². The summed E-state index contributed by atoms with van der Waals surface area (Å²) in [5.41, 5.74) is 0. The summed E-state index contributed by atoms with van der Waals surface area (Å²) in [6.07, 6.45) is 14.2. The van der Waals surface area contributed by atoms with Gasteiger partial charge in [-0.05, 0) is 38.1 Å². The van der Waals surface area contributed by atoms with Gasteiger partial charge in [0.15, 0.2) is 0 Å². The SMILES string of the molecule is CCCC1CC(NCCC2CCCCC2)CCO1. The maximum absolute atomic E-state index is 5.80. The minimum Gasteiger partial charge on any atom is -0.378 e. The van der Waals surface area contributed by atoms with Gasteiger partial charge in [0.1, 0.15) is 0 Å². The lowest BCUT2D eigenvalue weighted by Crippen LogP contribution is -2.39. The monoisotopic (exact) mass is 253 g/mol. The van der Waals surface area contributed by atoms with Crippen molar-refractivity contribution < 1.29 is 4.74 Å². The molecule has 1 heterocycles. The number of rotatable bonds is 6. The molecular formula is C16H31NO. The fourth-order valence-electron chi connectivity index (χ4n) is 3.56. The highest BCUT2D eigenvalue weighted by Gasteiger charge is 2.21. The van der Waals surface area contributed by atoms with Crippen LogP contribution in [0.2, 0.25) is 0 Å². The van der Waals surface area contributed by atoms with Crippen LogP contribution < -0.4 is 5.32 Å². The van der Waals surface area contributed by atoms with E-state index in [1.165, 1.54) is 70.8 Å². The summed E-state index contributed by atoms with van der Waals surface area (Å²) >= 11 is 0. The molecule has 2 aliphatic rings. The van der Waals surface area contributed by atoms with Gasteiger partial charge in [-0.15, -0.1) is 0 Å². The van der Waals surface area contributed by atoms with Crippen LogP contribution in [0.5, 0.6) is 0 Å². The normalized spacial score (nSPS) is 30.5. The summed E-state index contributed by atoms with van der Waals surface area (Å²) < 4.78 is 5.80. The highest BCUT2D eigenvalue weighted by molar-refractivity contribution is 4.77. The Morgan fingerprint density at radius 1 is 1.06 bits per heavy atom. The van der Waals surface area contributed by atoms with Gasteiger partial charge < -0.3 is 10.1 Å². The standard InChI is InChI=1S/C16H31NO/c1-2-6-16-13-15(10-12-18-16)17-11-9-14-7-4-3-5-8-14/h14-17H,2-13H2,1H3. The van der Waals surface area contributed by atoms with Crippen LogP contribution in [0.1, 0.15) is 71.1 Å². The first-order valence-electron chi connectivity index (χ1n) is 8.23. The molecule has 0 aromatic carbocycles. The number of hydrogen-bond donors (Lipinski definition) is 1. The van der Waals surface area contributed by atoms with Crippen LogP contribution in [-0.4, -0.2) is 25.3 Å². The smallest absolute Gasteiger partial charge is 0.0589 e. The van der Waals surface area contributed by atoms with Crippen molar-refractivity contribution in [3.63, 3.8) is 0 Å². The Kier molecular flexibility index (Phi) is 6.50. The van der Waals surface area contributed by atoms with E-state index in [1.807, 2.05) is 0 Å². The zero-order chi connectivity index (χ0) is 12.6. The number of nitrogens with one attached hydrogen (secondary N) is 1. The lowest BCUT2D eigenvalue weighted by molar-refractivity contribution is -0.00330. The predicted molar refractivity (Wildman–Crippen MR) is 76.9 cm³/mol. The summed E-state index contributed by atoms with van der Waals surface area (Å²) in [6, 6.07) is 0.721. The molecule has 0 aromatic heterocycles. The van der Waals surface area contributed by atoms with E-state index in [9.17, 15) is 0 Å². The molecule has 0 radical (unpaired) electrons. The molecule has 0 amide bonds. The van der Waals surface area contributed by atoms with Crippen molar-refractivity contribution in [1.29, 1.82) is 0 Å². The van der Waals surface area contributed by atoms with Gasteiger partial charge in [-0.2, -0.15) is 0 Å². The van der Waals surface area contributed by atoms with Gasteiger partial charge in [0.05, 0.1) is 6.10 Å². The zero-order valence-corrected chi connectivity index (χ0v) is 12.1. The molecule has 0 aromatic rings. The fourth-order valence-corrected chi connectivity index (χ4v) is 3.56. The van der Waals surface area contributed by atoms with Crippen LogP contribution in [0.4, 0.5) is 0 Å². The molecule has 2 atom stereocenters. The molecule has 1 aliphatic carbocycles. The Morgan fingerprint density at radius 2 is 1.89 bits per heavy atom. The Hall–Kier alpha value is -0.0800. The maximum atomic E-state index is 5.80. The molecule has 2 fully saturated rings. The Morgan fingerprint density at radius 3 is 2.67 bits per heavy atom. The predicted octanol–water partition coefficient (Wildman–Crippen LogP) is 3.89. The molecule has 2 nitrogen and oxygen atoms in total. The molecule has 18 heavy (non-hydrogen) atoms. The van der Waals surface area contributed by atoms with Gasteiger partial charge in [0, 0.05) is 12.6 Å². The minimum absolute atomic E-state index is 0.524. The van der Waals surface area contributed by atoms with Gasteiger partial charge in [-0.3, -0.25) is 0 Å². The largest absolute Gasteiger partial charge is 0.378 e. The second-order valence-electron chi connectivity index (χ2n) is 6.25. The van der Waals surface area contributed by atoms with Crippen molar-refractivity contribution in [2.24, 2.45) is 5.92 Å². The first-order valence-corrected chi connectivity index (χ1v) is 8.23. The van der Waals surface area contributed by atoms with Gasteiger partial charge in [-0.1, -0.05) is 45.4 Å². The lowest BCUT2D eigenvalue weighted by Gasteiger charge is -2.31. The average Bonchev–Trinajstić information content (AvgIpc) is 2.41. The number of ether oxygens (including phenoxy) is 1. The summed E-state index contributed by atoms with van der Waals surface area (Å²) in [5.74, 6) is 1.01. The van der Waals surface area contributed by atoms with E-state index in [0.717, 1.165) is 18.6 Å². The van der Waals surface area contributed by atoms with E-state index in [2.05, 4.69) is 12.2 Å².